The van der Waals surface area contributed by atoms with Gasteiger partial charge in [-0.15, -0.1) is 0 Å². The van der Waals surface area contributed by atoms with Gasteiger partial charge in [0.05, 0.1) is 0 Å². The van der Waals surface area contributed by atoms with E-state index in [0.717, 1.165) is 0 Å². The number of nitrogens with one attached hydrogen (secondary N) is 1. The van der Waals surface area contributed by atoms with E-state index < -0.39 is 0 Å². The lowest BCUT2D eigenvalue weighted by Gasteiger charge is -2.15. The van der Waals surface area contributed by atoms with Gasteiger partial charge in [-0.3, -0.25) is 0 Å². The minimum Gasteiger partial charge on any atom is -0.334 e. The van der Waals surface area contributed by atoms with E-state index in [2.05, 4.69) is 5.32 Å². The SMILES string of the molecule is O=C(NCC=C(Cl)Cl)N1Cc2ccccc2C1. The van der Waals surface area contributed by atoms with Crippen LogP contribution in [0.4, 0.5) is 4.79 Å². The predicted octanol–water partition coefficient (Wildman–Crippen LogP) is 3.03. The molecule has 0 spiro atoms. The molecule has 1 N–H and O–H groups in total. The highest BCUT2D eigenvalue weighted by Crippen LogP contribution is 2.21. The van der Waals surface area contributed by atoms with Crippen LogP contribution in [0.3, 0.4) is 0 Å². The van der Waals surface area contributed by atoms with Gasteiger partial charge < -0.3 is 10.2 Å². The second-order valence-electron chi connectivity index (χ2n) is 3.80. The summed E-state index contributed by atoms with van der Waals surface area (Å²) in [5, 5.41) is 2.73. The molecular formula is C12H12Cl2N2O. The lowest BCUT2D eigenvalue weighted by molar-refractivity contribution is 0.199. The topological polar surface area (TPSA) is 32.3 Å². The average Bonchev–Trinajstić information content (AvgIpc) is 2.71. The Balaban J connectivity index is 1.90. The number of amides is 2. The smallest absolute Gasteiger partial charge is 0.318 e. The number of nitrogens with zero attached hydrogens (tertiary/aromatic N) is 1. The quantitative estimate of drug-likeness (QED) is 0.881. The zero-order chi connectivity index (χ0) is 12.3. The maximum Gasteiger partial charge on any atom is 0.318 e. The second-order valence-corrected chi connectivity index (χ2v) is 4.81. The third kappa shape index (κ3) is 3.14. The molecule has 0 radical (unpaired) electrons. The van der Waals surface area contributed by atoms with Gasteiger partial charge in [-0.05, 0) is 17.2 Å². The Morgan fingerprint density at radius 2 is 1.88 bits per heavy atom. The highest BCUT2D eigenvalue weighted by atomic mass is 35.5. The molecular weight excluding hydrogens is 259 g/mol. The Bertz CT molecular complexity index is 431. The summed E-state index contributed by atoms with van der Waals surface area (Å²) in [6, 6.07) is 7.94. The normalized spacial score (nSPS) is 13.2. The van der Waals surface area contributed by atoms with Crippen LogP contribution in [0.5, 0.6) is 0 Å². The molecule has 90 valence electrons. The molecule has 0 saturated carbocycles. The molecule has 0 fully saturated rings. The Kier molecular flexibility index (Phi) is 3.92. The first-order valence-corrected chi connectivity index (χ1v) is 6.03. The standard InChI is InChI=1S/C12H12Cl2N2O/c13-11(14)5-6-15-12(17)16-7-9-3-1-2-4-10(9)8-16/h1-5H,6-8H2,(H,15,17). The summed E-state index contributed by atoms with van der Waals surface area (Å²) in [7, 11) is 0. The van der Waals surface area contributed by atoms with Crippen molar-refractivity contribution >= 4 is 29.2 Å². The van der Waals surface area contributed by atoms with Crippen LogP contribution in [0.15, 0.2) is 34.8 Å². The number of hydrogen-bond acceptors (Lipinski definition) is 1. The van der Waals surface area contributed by atoms with Crippen molar-refractivity contribution in [3.63, 3.8) is 0 Å². The van der Waals surface area contributed by atoms with Crippen LogP contribution in [-0.2, 0) is 13.1 Å². The molecule has 1 heterocycles. The molecule has 0 aliphatic carbocycles. The summed E-state index contributed by atoms with van der Waals surface area (Å²) in [6.45, 7) is 1.65. The summed E-state index contributed by atoms with van der Waals surface area (Å²) >= 11 is 10.9. The molecule has 1 aliphatic heterocycles. The highest BCUT2D eigenvalue weighted by Gasteiger charge is 2.21. The largest absolute Gasteiger partial charge is 0.334 e. The molecule has 0 saturated heterocycles. The van der Waals surface area contributed by atoms with E-state index in [1.54, 1.807) is 11.0 Å². The first-order valence-electron chi connectivity index (χ1n) is 5.27. The highest BCUT2D eigenvalue weighted by molar-refractivity contribution is 6.55. The molecule has 2 amide bonds. The summed E-state index contributed by atoms with van der Waals surface area (Å²) in [5.74, 6) is 0. The Morgan fingerprint density at radius 3 is 2.41 bits per heavy atom. The molecule has 0 unspecified atom stereocenters. The number of rotatable bonds is 2. The number of hydrogen-bond donors (Lipinski definition) is 1. The van der Waals surface area contributed by atoms with E-state index >= 15 is 0 Å². The van der Waals surface area contributed by atoms with Gasteiger partial charge in [-0.25, -0.2) is 4.79 Å². The third-order valence-electron chi connectivity index (χ3n) is 2.64. The van der Waals surface area contributed by atoms with E-state index in [9.17, 15) is 4.79 Å². The molecule has 1 aromatic rings. The van der Waals surface area contributed by atoms with Gasteiger partial charge in [0, 0.05) is 19.6 Å². The summed E-state index contributed by atoms with van der Waals surface area (Å²) < 4.78 is 0.162. The first-order chi connectivity index (χ1) is 8.16. The fraction of sp³-hybridized carbons (Fsp3) is 0.250. The summed E-state index contributed by atoms with van der Waals surface area (Å²) in [5.41, 5.74) is 2.40. The van der Waals surface area contributed by atoms with Gasteiger partial charge in [0.1, 0.15) is 4.49 Å². The third-order valence-corrected chi connectivity index (χ3v) is 2.95. The predicted molar refractivity (Wildman–Crippen MR) is 68.9 cm³/mol. The number of benzene rings is 1. The fourth-order valence-electron chi connectivity index (χ4n) is 1.80. The van der Waals surface area contributed by atoms with E-state index in [4.69, 9.17) is 23.2 Å². The summed E-state index contributed by atoms with van der Waals surface area (Å²) in [4.78, 5) is 13.5. The molecule has 5 heteroatoms. The van der Waals surface area contributed by atoms with Crippen LogP contribution in [-0.4, -0.2) is 17.5 Å². The van der Waals surface area contributed by atoms with Crippen molar-refractivity contribution in [3.8, 4) is 0 Å². The molecule has 3 nitrogen and oxygen atoms in total. The Labute approximate surface area is 110 Å². The van der Waals surface area contributed by atoms with Crippen LogP contribution in [0.25, 0.3) is 0 Å². The van der Waals surface area contributed by atoms with Gasteiger partial charge in [0.15, 0.2) is 0 Å². The van der Waals surface area contributed by atoms with Crippen molar-refractivity contribution in [2.75, 3.05) is 6.54 Å². The van der Waals surface area contributed by atoms with Crippen molar-refractivity contribution in [3.05, 3.63) is 46.0 Å². The monoisotopic (exact) mass is 270 g/mol. The van der Waals surface area contributed by atoms with Crippen LogP contribution < -0.4 is 5.32 Å². The van der Waals surface area contributed by atoms with Crippen LogP contribution >= 0.6 is 23.2 Å². The van der Waals surface area contributed by atoms with Gasteiger partial charge in [0.25, 0.3) is 0 Å². The Morgan fingerprint density at radius 1 is 1.29 bits per heavy atom. The maximum atomic E-state index is 11.8. The molecule has 0 bridgehead atoms. The minimum absolute atomic E-state index is 0.105. The van der Waals surface area contributed by atoms with Crippen LogP contribution in [0, 0.1) is 0 Å². The maximum absolute atomic E-state index is 11.8. The average molecular weight is 271 g/mol. The molecule has 1 aliphatic rings. The number of halogens is 2. The molecule has 17 heavy (non-hydrogen) atoms. The van der Waals surface area contributed by atoms with Crippen molar-refractivity contribution in [1.82, 2.24) is 10.2 Å². The van der Waals surface area contributed by atoms with Gasteiger partial charge in [-0.2, -0.15) is 0 Å². The lowest BCUT2D eigenvalue weighted by atomic mass is 10.1. The van der Waals surface area contributed by atoms with Crippen molar-refractivity contribution in [1.29, 1.82) is 0 Å². The molecule has 2 rings (SSSR count). The number of carbonyl (C=O) groups is 1. The van der Waals surface area contributed by atoms with Gasteiger partial charge in [0.2, 0.25) is 0 Å². The van der Waals surface area contributed by atoms with Gasteiger partial charge in [-0.1, -0.05) is 47.5 Å². The van der Waals surface area contributed by atoms with E-state index in [1.165, 1.54) is 11.1 Å². The first kappa shape index (κ1) is 12.3. The van der Waals surface area contributed by atoms with Crippen molar-refractivity contribution in [2.45, 2.75) is 13.1 Å². The Hall–Kier alpha value is -1.19. The number of urea groups is 1. The molecule has 1 aromatic carbocycles. The zero-order valence-electron chi connectivity index (χ0n) is 9.12. The van der Waals surface area contributed by atoms with Crippen molar-refractivity contribution in [2.24, 2.45) is 0 Å². The van der Waals surface area contributed by atoms with Crippen molar-refractivity contribution < 1.29 is 4.79 Å². The lowest BCUT2D eigenvalue weighted by Crippen LogP contribution is -2.36. The van der Waals surface area contributed by atoms with Gasteiger partial charge >= 0.3 is 6.03 Å². The molecule has 0 atom stereocenters. The fourth-order valence-corrected chi connectivity index (χ4v) is 1.96. The van der Waals surface area contributed by atoms with E-state index in [-0.39, 0.29) is 10.5 Å². The van der Waals surface area contributed by atoms with E-state index in [0.29, 0.717) is 19.6 Å². The number of carbonyl (C=O) groups excluding carboxylic acids is 1. The summed E-state index contributed by atoms with van der Waals surface area (Å²) in [6.07, 6.45) is 1.55. The van der Waals surface area contributed by atoms with E-state index in [1.807, 2.05) is 24.3 Å². The van der Waals surface area contributed by atoms with Crippen LogP contribution in [0.1, 0.15) is 11.1 Å². The second kappa shape index (κ2) is 5.43. The zero-order valence-corrected chi connectivity index (χ0v) is 10.6. The van der Waals surface area contributed by atoms with Crippen LogP contribution in [0.2, 0.25) is 0 Å². The molecule has 0 aromatic heterocycles. The minimum atomic E-state index is -0.105. The number of fused-ring (bicyclic) bond motifs is 1.